The van der Waals surface area contributed by atoms with Crippen molar-refractivity contribution >= 4 is 0 Å². The fraction of sp³-hybridized carbons (Fsp3) is 0.143. The van der Waals surface area contributed by atoms with Gasteiger partial charge >= 0.3 is 0 Å². The minimum Gasteiger partial charge on any atom is -0.507 e. The number of hydrogen-bond acceptors (Lipinski definition) is 2. The van der Waals surface area contributed by atoms with Crippen molar-refractivity contribution in [3.63, 3.8) is 0 Å². The van der Waals surface area contributed by atoms with Gasteiger partial charge in [0.1, 0.15) is 23.9 Å². The summed E-state index contributed by atoms with van der Waals surface area (Å²) in [4.78, 5) is 0. The second-order valence-corrected chi connectivity index (χ2v) is 3.83. The Kier molecular flexibility index (Phi) is 3.28. The fourth-order valence-electron chi connectivity index (χ4n) is 1.53. The Morgan fingerprint density at radius 3 is 2.65 bits per heavy atom. The zero-order valence-corrected chi connectivity index (χ0v) is 9.48. The Labute approximate surface area is 99.3 Å². The van der Waals surface area contributed by atoms with E-state index in [1.807, 2.05) is 31.2 Å². The minimum absolute atomic E-state index is 0.0846. The Balaban J connectivity index is 2.10. The molecule has 3 heteroatoms. The van der Waals surface area contributed by atoms with Gasteiger partial charge in [-0.05, 0) is 30.7 Å². The number of hydrogen-bond donors (Lipinski definition) is 1. The summed E-state index contributed by atoms with van der Waals surface area (Å²) in [5.41, 5.74) is 1.59. The van der Waals surface area contributed by atoms with Crippen LogP contribution in [0.3, 0.4) is 0 Å². The van der Waals surface area contributed by atoms with Crippen LogP contribution in [0.1, 0.15) is 11.1 Å². The molecule has 0 spiro atoms. The van der Waals surface area contributed by atoms with Gasteiger partial charge in [-0.25, -0.2) is 4.39 Å². The summed E-state index contributed by atoms with van der Waals surface area (Å²) in [7, 11) is 0. The highest BCUT2D eigenvalue weighted by Gasteiger charge is 2.04. The smallest absolute Gasteiger partial charge is 0.126 e. The molecule has 2 nitrogen and oxygen atoms in total. The monoisotopic (exact) mass is 232 g/mol. The Bertz CT molecular complexity index is 523. The lowest BCUT2D eigenvalue weighted by atomic mass is 10.2. The number of phenolic OH excluding ortho intramolecular Hbond substituents is 1. The summed E-state index contributed by atoms with van der Waals surface area (Å²) < 4.78 is 18.3. The average Bonchev–Trinajstić information content (AvgIpc) is 2.30. The largest absolute Gasteiger partial charge is 0.507 e. The maximum Gasteiger partial charge on any atom is 0.126 e. The number of halogens is 1. The summed E-state index contributed by atoms with van der Waals surface area (Å²) in [5, 5.41) is 9.52. The summed E-state index contributed by atoms with van der Waals surface area (Å²) in [6, 6.07) is 11.5. The first-order valence-corrected chi connectivity index (χ1v) is 5.32. The highest BCUT2D eigenvalue weighted by molar-refractivity contribution is 5.35. The van der Waals surface area contributed by atoms with Crippen molar-refractivity contribution in [1.29, 1.82) is 0 Å². The molecule has 88 valence electrons. The third-order valence-electron chi connectivity index (χ3n) is 2.52. The minimum atomic E-state index is -0.456. The predicted octanol–water partition coefficient (Wildman–Crippen LogP) is 3.42. The molecule has 0 saturated carbocycles. The van der Waals surface area contributed by atoms with Crippen LogP contribution in [0.15, 0.2) is 42.5 Å². The van der Waals surface area contributed by atoms with Gasteiger partial charge < -0.3 is 9.84 Å². The van der Waals surface area contributed by atoms with E-state index in [2.05, 4.69) is 0 Å². The van der Waals surface area contributed by atoms with Gasteiger partial charge in [0.2, 0.25) is 0 Å². The van der Waals surface area contributed by atoms with Crippen LogP contribution in [0.25, 0.3) is 0 Å². The molecule has 0 bridgehead atoms. The van der Waals surface area contributed by atoms with Crippen LogP contribution in [0.4, 0.5) is 4.39 Å². The molecule has 0 fully saturated rings. The fourth-order valence-corrected chi connectivity index (χ4v) is 1.53. The molecule has 2 aromatic rings. The Morgan fingerprint density at radius 2 is 1.94 bits per heavy atom. The molecule has 0 radical (unpaired) electrons. The van der Waals surface area contributed by atoms with Gasteiger partial charge in [0.05, 0.1) is 0 Å². The first kappa shape index (κ1) is 11.5. The van der Waals surface area contributed by atoms with E-state index in [9.17, 15) is 9.50 Å². The van der Waals surface area contributed by atoms with Crippen LogP contribution >= 0.6 is 0 Å². The topological polar surface area (TPSA) is 29.5 Å². The molecule has 0 unspecified atom stereocenters. The number of ether oxygens (including phenoxy) is 1. The number of phenols is 1. The van der Waals surface area contributed by atoms with Crippen LogP contribution in [0, 0.1) is 12.7 Å². The third kappa shape index (κ3) is 2.75. The molecular weight excluding hydrogens is 219 g/mol. The van der Waals surface area contributed by atoms with Crippen molar-refractivity contribution in [3.05, 3.63) is 59.4 Å². The average molecular weight is 232 g/mol. The maximum atomic E-state index is 12.8. The van der Waals surface area contributed by atoms with E-state index < -0.39 is 5.82 Å². The van der Waals surface area contributed by atoms with Gasteiger partial charge in [-0.15, -0.1) is 0 Å². The quantitative estimate of drug-likeness (QED) is 0.878. The molecule has 0 heterocycles. The van der Waals surface area contributed by atoms with E-state index in [0.29, 0.717) is 5.56 Å². The van der Waals surface area contributed by atoms with Gasteiger partial charge in [-0.1, -0.05) is 18.2 Å². The molecule has 0 atom stereocenters. The first-order chi connectivity index (χ1) is 8.16. The number of aromatic hydroxyl groups is 1. The van der Waals surface area contributed by atoms with Crippen LogP contribution in [-0.2, 0) is 6.61 Å². The lowest BCUT2D eigenvalue weighted by molar-refractivity contribution is 0.297. The van der Waals surface area contributed by atoms with Gasteiger partial charge in [-0.3, -0.25) is 0 Å². The van der Waals surface area contributed by atoms with Crippen molar-refractivity contribution in [2.24, 2.45) is 0 Å². The molecule has 0 aliphatic rings. The molecular formula is C14H13FO2. The molecule has 0 aliphatic carbocycles. The van der Waals surface area contributed by atoms with E-state index in [1.54, 1.807) is 0 Å². The van der Waals surface area contributed by atoms with E-state index in [0.717, 1.165) is 17.4 Å². The van der Waals surface area contributed by atoms with E-state index >= 15 is 0 Å². The molecule has 1 N–H and O–H groups in total. The SMILES string of the molecule is Cc1ccccc1OCc1ccc(F)cc1O. The third-order valence-corrected chi connectivity index (χ3v) is 2.52. The zero-order chi connectivity index (χ0) is 12.3. The van der Waals surface area contributed by atoms with Crippen LogP contribution < -0.4 is 4.74 Å². The van der Waals surface area contributed by atoms with Crippen molar-refractivity contribution in [3.8, 4) is 11.5 Å². The van der Waals surface area contributed by atoms with Crippen LogP contribution in [0.5, 0.6) is 11.5 Å². The zero-order valence-electron chi connectivity index (χ0n) is 9.48. The van der Waals surface area contributed by atoms with Crippen molar-refractivity contribution < 1.29 is 14.2 Å². The summed E-state index contributed by atoms with van der Waals surface area (Å²) in [6.07, 6.45) is 0. The lowest BCUT2D eigenvalue weighted by Crippen LogP contribution is -1.97. The van der Waals surface area contributed by atoms with Gasteiger partial charge in [-0.2, -0.15) is 0 Å². The van der Waals surface area contributed by atoms with Crippen molar-refractivity contribution in [2.75, 3.05) is 0 Å². The number of benzene rings is 2. The molecule has 2 aromatic carbocycles. The Hall–Kier alpha value is -2.03. The molecule has 17 heavy (non-hydrogen) atoms. The van der Waals surface area contributed by atoms with E-state index in [4.69, 9.17) is 4.74 Å². The molecule has 0 aliphatic heterocycles. The summed E-state index contributed by atoms with van der Waals surface area (Å²) in [6.45, 7) is 2.16. The second-order valence-electron chi connectivity index (χ2n) is 3.83. The van der Waals surface area contributed by atoms with Crippen LogP contribution in [0.2, 0.25) is 0 Å². The van der Waals surface area contributed by atoms with Crippen molar-refractivity contribution in [1.82, 2.24) is 0 Å². The number of rotatable bonds is 3. The second kappa shape index (κ2) is 4.87. The highest BCUT2D eigenvalue weighted by Crippen LogP contribution is 2.22. The van der Waals surface area contributed by atoms with Crippen LogP contribution in [-0.4, -0.2) is 5.11 Å². The van der Waals surface area contributed by atoms with Gasteiger partial charge in [0, 0.05) is 11.6 Å². The van der Waals surface area contributed by atoms with E-state index in [1.165, 1.54) is 12.1 Å². The molecule has 0 saturated heterocycles. The number of para-hydroxylation sites is 1. The summed E-state index contributed by atoms with van der Waals surface area (Å²) in [5.74, 6) is 0.219. The normalized spacial score (nSPS) is 10.2. The first-order valence-electron chi connectivity index (χ1n) is 5.32. The molecule has 0 aromatic heterocycles. The molecule has 2 rings (SSSR count). The standard InChI is InChI=1S/C14H13FO2/c1-10-4-2-3-5-14(10)17-9-11-6-7-12(15)8-13(11)16/h2-8,16H,9H2,1H3. The van der Waals surface area contributed by atoms with E-state index in [-0.39, 0.29) is 12.4 Å². The van der Waals surface area contributed by atoms with Gasteiger partial charge in [0.15, 0.2) is 0 Å². The lowest BCUT2D eigenvalue weighted by Gasteiger charge is -2.09. The molecule has 0 amide bonds. The Morgan fingerprint density at radius 1 is 1.18 bits per heavy atom. The van der Waals surface area contributed by atoms with Gasteiger partial charge in [0.25, 0.3) is 0 Å². The van der Waals surface area contributed by atoms with Crippen molar-refractivity contribution in [2.45, 2.75) is 13.5 Å². The summed E-state index contributed by atoms with van der Waals surface area (Å²) >= 11 is 0. The highest BCUT2D eigenvalue weighted by atomic mass is 19.1. The number of aryl methyl sites for hydroxylation is 1. The predicted molar refractivity (Wildman–Crippen MR) is 63.6 cm³/mol. The maximum absolute atomic E-state index is 12.8.